The highest BCUT2D eigenvalue weighted by molar-refractivity contribution is 6.30. The van der Waals surface area contributed by atoms with Crippen LogP contribution in [0.15, 0.2) is 61.1 Å². The molecule has 0 bridgehead atoms. The van der Waals surface area contributed by atoms with Crippen molar-refractivity contribution in [2.24, 2.45) is 5.92 Å². The van der Waals surface area contributed by atoms with Crippen molar-refractivity contribution in [1.29, 1.82) is 0 Å². The van der Waals surface area contributed by atoms with E-state index in [9.17, 15) is 4.79 Å². The van der Waals surface area contributed by atoms with E-state index in [1.807, 2.05) is 36.4 Å². The number of nitrogens with one attached hydrogen (secondary N) is 2. The minimum absolute atomic E-state index is 0.00602. The fourth-order valence-electron chi connectivity index (χ4n) is 6.15. The maximum Gasteiger partial charge on any atom is 0.229 e. The van der Waals surface area contributed by atoms with Gasteiger partial charge in [-0.25, -0.2) is 9.97 Å². The SMILES string of the molecule is COCCN1CCN(c2cc(C3CC3)cn3cc(CNc4ccnc(NC(=O)[C@H]5C[C@@H]5c5cccc(Cl)c5)c4)nc23)CC1. The van der Waals surface area contributed by atoms with Crippen molar-refractivity contribution in [3.8, 4) is 0 Å². The number of carbonyl (C=O) groups excluding carboxylic acids is 1. The first-order valence-electron chi connectivity index (χ1n) is 15.3. The summed E-state index contributed by atoms with van der Waals surface area (Å²) in [6.45, 7) is 6.35. The molecule has 43 heavy (non-hydrogen) atoms. The summed E-state index contributed by atoms with van der Waals surface area (Å²) in [5.41, 5.74) is 6.61. The Morgan fingerprint density at radius 1 is 1.07 bits per heavy atom. The van der Waals surface area contributed by atoms with Crippen LogP contribution >= 0.6 is 11.6 Å². The van der Waals surface area contributed by atoms with Crippen molar-refractivity contribution in [1.82, 2.24) is 19.3 Å². The van der Waals surface area contributed by atoms with E-state index in [0.717, 1.165) is 68.3 Å². The molecule has 0 spiro atoms. The number of halogens is 1. The van der Waals surface area contributed by atoms with Gasteiger partial charge in [0, 0.05) is 81.1 Å². The third-order valence-electron chi connectivity index (χ3n) is 8.87. The molecule has 7 rings (SSSR count). The number of nitrogens with zero attached hydrogens (tertiary/aromatic N) is 5. The molecule has 0 radical (unpaired) electrons. The van der Waals surface area contributed by atoms with Gasteiger partial charge in [-0.3, -0.25) is 9.69 Å². The van der Waals surface area contributed by atoms with Crippen molar-refractivity contribution in [2.45, 2.75) is 37.6 Å². The van der Waals surface area contributed by atoms with Crippen LogP contribution in [0.2, 0.25) is 5.02 Å². The predicted molar refractivity (Wildman–Crippen MR) is 170 cm³/mol. The van der Waals surface area contributed by atoms with Gasteiger partial charge in [-0.2, -0.15) is 0 Å². The molecule has 10 heteroatoms. The van der Waals surface area contributed by atoms with E-state index >= 15 is 0 Å². The number of hydrogen-bond acceptors (Lipinski definition) is 7. The first kappa shape index (κ1) is 28.1. The van der Waals surface area contributed by atoms with E-state index in [1.54, 1.807) is 13.3 Å². The Bertz CT molecular complexity index is 1610. The smallest absolute Gasteiger partial charge is 0.229 e. The molecule has 3 aliphatic rings. The zero-order chi connectivity index (χ0) is 29.3. The van der Waals surface area contributed by atoms with Crippen molar-refractivity contribution in [3.05, 3.63) is 82.9 Å². The van der Waals surface area contributed by atoms with Gasteiger partial charge in [0.15, 0.2) is 5.65 Å². The van der Waals surface area contributed by atoms with Crippen molar-refractivity contribution < 1.29 is 9.53 Å². The van der Waals surface area contributed by atoms with Gasteiger partial charge >= 0.3 is 0 Å². The number of pyridine rings is 2. The fourth-order valence-corrected chi connectivity index (χ4v) is 6.35. The van der Waals surface area contributed by atoms with E-state index in [-0.39, 0.29) is 17.7 Å². The van der Waals surface area contributed by atoms with Crippen molar-refractivity contribution in [3.63, 3.8) is 0 Å². The van der Waals surface area contributed by atoms with Gasteiger partial charge in [-0.1, -0.05) is 23.7 Å². The molecule has 4 aromatic rings. The van der Waals surface area contributed by atoms with E-state index in [2.05, 4.69) is 48.3 Å². The van der Waals surface area contributed by atoms with Gasteiger partial charge in [0.05, 0.1) is 24.5 Å². The molecule has 2 atom stereocenters. The molecule has 0 unspecified atom stereocenters. The Morgan fingerprint density at radius 3 is 2.72 bits per heavy atom. The first-order valence-corrected chi connectivity index (χ1v) is 15.7. The van der Waals surface area contributed by atoms with Crippen LogP contribution in [-0.4, -0.2) is 71.6 Å². The number of ether oxygens (including phenoxy) is 1. The van der Waals surface area contributed by atoms with E-state index in [1.165, 1.54) is 24.1 Å². The topological polar surface area (TPSA) is 87.0 Å². The number of rotatable bonds is 11. The number of amides is 1. The highest BCUT2D eigenvalue weighted by atomic mass is 35.5. The summed E-state index contributed by atoms with van der Waals surface area (Å²) >= 11 is 6.14. The van der Waals surface area contributed by atoms with Crippen LogP contribution in [0.1, 0.15) is 47.9 Å². The zero-order valence-corrected chi connectivity index (χ0v) is 25.3. The molecule has 3 fully saturated rings. The van der Waals surface area contributed by atoms with Crippen molar-refractivity contribution >= 4 is 40.3 Å². The van der Waals surface area contributed by atoms with Gasteiger partial charge in [0.2, 0.25) is 5.91 Å². The van der Waals surface area contributed by atoms with E-state index < -0.39 is 0 Å². The monoisotopic (exact) mass is 599 g/mol. The summed E-state index contributed by atoms with van der Waals surface area (Å²) in [4.78, 5) is 27.3. The van der Waals surface area contributed by atoms with Crippen LogP contribution in [0.4, 0.5) is 17.2 Å². The quantitative estimate of drug-likeness (QED) is 0.239. The number of carbonyl (C=O) groups is 1. The Hall–Kier alpha value is -3.66. The molecule has 2 saturated carbocycles. The summed E-state index contributed by atoms with van der Waals surface area (Å²) in [6.07, 6.45) is 9.47. The molecule has 1 aromatic carbocycles. The van der Waals surface area contributed by atoms with Crippen LogP contribution in [0.3, 0.4) is 0 Å². The fraction of sp³-hybridized carbons (Fsp3) is 0.424. The average Bonchev–Trinajstić information content (AvgIpc) is 3.95. The number of methoxy groups -OCH3 is 1. The van der Waals surface area contributed by atoms with Crippen LogP contribution in [0.25, 0.3) is 5.65 Å². The molecule has 4 heterocycles. The molecule has 224 valence electrons. The number of benzene rings is 1. The molecular formula is C33H38ClN7O2. The zero-order valence-electron chi connectivity index (χ0n) is 24.5. The number of aromatic nitrogens is 3. The minimum atomic E-state index is -0.0575. The molecule has 1 saturated heterocycles. The van der Waals surface area contributed by atoms with E-state index in [4.69, 9.17) is 21.3 Å². The molecule has 3 aromatic heterocycles. The average molecular weight is 600 g/mol. The lowest BCUT2D eigenvalue weighted by atomic mass is 10.1. The molecule has 2 aliphatic carbocycles. The van der Waals surface area contributed by atoms with Gasteiger partial charge < -0.3 is 24.7 Å². The van der Waals surface area contributed by atoms with Crippen LogP contribution in [-0.2, 0) is 16.1 Å². The Balaban J connectivity index is 1.01. The summed E-state index contributed by atoms with van der Waals surface area (Å²) in [7, 11) is 1.76. The van der Waals surface area contributed by atoms with Gasteiger partial charge in [0.1, 0.15) is 5.82 Å². The highest BCUT2D eigenvalue weighted by Crippen LogP contribution is 2.48. The van der Waals surface area contributed by atoms with Gasteiger partial charge in [-0.15, -0.1) is 0 Å². The largest absolute Gasteiger partial charge is 0.383 e. The molecule has 1 amide bonds. The predicted octanol–water partition coefficient (Wildman–Crippen LogP) is 5.38. The Kier molecular flexibility index (Phi) is 7.95. The Labute approximate surface area is 257 Å². The second-order valence-corrected chi connectivity index (χ2v) is 12.4. The van der Waals surface area contributed by atoms with Crippen molar-refractivity contribution in [2.75, 3.05) is 62.0 Å². The standard InChI is InChI=1S/C33H38ClN7O2/c1-43-14-13-39-9-11-40(12-10-39)30-16-24(22-5-6-22)20-41-21-27(37-32(30)41)19-36-26-7-8-35-31(17-26)38-33(42)29-18-28(29)23-3-2-4-25(34)15-23/h2-4,7-8,15-17,20-22,28-29H,5-6,9-14,18-19H2,1H3,(H2,35,36,38,42)/t28-,29+/m1/s1. The van der Waals surface area contributed by atoms with Crippen LogP contribution in [0, 0.1) is 5.92 Å². The number of hydrogen-bond donors (Lipinski definition) is 2. The number of piperazine rings is 1. The van der Waals surface area contributed by atoms with E-state index in [0.29, 0.717) is 23.3 Å². The van der Waals surface area contributed by atoms with Gasteiger partial charge in [-0.05, 0) is 66.5 Å². The normalized spacial score (nSPS) is 20.4. The maximum absolute atomic E-state index is 12.9. The number of anilines is 3. The van der Waals surface area contributed by atoms with Crippen LogP contribution in [0.5, 0.6) is 0 Å². The third-order valence-corrected chi connectivity index (χ3v) is 9.10. The second kappa shape index (κ2) is 12.1. The first-order chi connectivity index (χ1) is 21.0. The lowest BCUT2D eigenvalue weighted by molar-refractivity contribution is -0.117. The lowest BCUT2D eigenvalue weighted by Gasteiger charge is -2.36. The second-order valence-electron chi connectivity index (χ2n) is 12.0. The summed E-state index contributed by atoms with van der Waals surface area (Å²) in [5, 5.41) is 7.18. The van der Waals surface area contributed by atoms with Gasteiger partial charge in [0.25, 0.3) is 0 Å². The molecule has 1 aliphatic heterocycles. The third kappa shape index (κ3) is 6.49. The molecule has 2 N–H and O–H groups in total. The minimum Gasteiger partial charge on any atom is -0.383 e. The summed E-state index contributed by atoms with van der Waals surface area (Å²) in [5.74, 6) is 1.35. The number of imidazole rings is 1. The Morgan fingerprint density at radius 2 is 1.93 bits per heavy atom. The maximum atomic E-state index is 12.9. The molecular weight excluding hydrogens is 562 g/mol. The summed E-state index contributed by atoms with van der Waals surface area (Å²) in [6, 6.07) is 13.9. The highest BCUT2D eigenvalue weighted by Gasteiger charge is 2.44. The number of fused-ring (bicyclic) bond motifs is 1. The summed E-state index contributed by atoms with van der Waals surface area (Å²) < 4.78 is 7.49. The lowest BCUT2D eigenvalue weighted by Crippen LogP contribution is -2.47. The van der Waals surface area contributed by atoms with Crippen LogP contribution < -0.4 is 15.5 Å². The molecule has 9 nitrogen and oxygen atoms in total.